The highest BCUT2D eigenvalue weighted by Crippen LogP contribution is 2.34. The highest BCUT2D eigenvalue weighted by atomic mass is 32.2. The second-order valence-corrected chi connectivity index (χ2v) is 10.6. The summed E-state index contributed by atoms with van der Waals surface area (Å²) in [6.07, 6.45) is -7.90. The number of hydrogen-bond donors (Lipinski definition) is 1. The first kappa shape index (κ1) is 30.1. The van der Waals surface area contributed by atoms with Gasteiger partial charge in [0.2, 0.25) is 0 Å². The van der Waals surface area contributed by atoms with Gasteiger partial charge in [0.25, 0.3) is 0 Å². The predicted molar refractivity (Wildman–Crippen MR) is 137 cm³/mol. The summed E-state index contributed by atoms with van der Waals surface area (Å²) in [5, 5.41) is 10.9. The van der Waals surface area contributed by atoms with E-state index in [1.165, 1.54) is 0 Å². The number of halogens is 3. The molecule has 12 heteroatoms. The summed E-state index contributed by atoms with van der Waals surface area (Å²) in [6, 6.07) is 26.4. The summed E-state index contributed by atoms with van der Waals surface area (Å²) in [4.78, 5) is 0. The molecule has 1 aliphatic heterocycles. The minimum absolute atomic E-state index is 0.0546. The zero-order valence-electron chi connectivity index (χ0n) is 21.2. The molecule has 40 heavy (non-hydrogen) atoms. The second-order valence-electron chi connectivity index (χ2n) is 9.05. The Hall–Kier alpha value is -2.84. The van der Waals surface area contributed by atoms with E-state index in [1.54, 1.807) is 91.0 Å². The minimum atomic E-state index is -6.08. The summed E-state index contributed by atoms with van der Waals surface area (Å²) >= 11 is 0. The lowest BCUT2D eigenvalue weighted by molar-refractivity contribution is -0.305. The van der Waals surface area contributed by atoms with Gasteiger partial charge in [-0.3, -0.25) is 4.18 Å². The molecule has 4 rings (SSSR count). The Morgan fingerprint density at radius 2 is 1.15 bits per heavy atom. The fourth-order valence-corrected chi connectivity index (χ4v) is 4.75. The largest absolute Gasteiger partial charge is 0.523 e. The van der Waals surface area contributed by atoms with E-state index in [2.05, 4.69) is 0 Å². The Balaban J connectivity index is 1.61. The second kappa shape index (κ2) is 13.7. The molecule has 0 unspecified atom stereocenters. The molecule has 1 aliphatic rings. The average molecular weight is 583 g/mol. The van der Waals surface area contributed by atoms with Gasteiger partial charge in [0.15, 0.2) is 6.29 Å². The standard InChI is InChI=1S/C28H29F3O8S/c29-28(30,31)40(33,34)39-24-23(19-35-16-20-10-4-1-5-11-20)38-27(32)26(37-18-22-14-8-3-9-15-22)25(24)36-17-21-12-6-2-7-13-21/h1-15,23-27,32H,16-19H2/t23-,24+,25+,26-,27-/m1/s1. The van der Waals surface area contributed by atoms with Gasteiger partial charge < -0.3 is 24.1 Å². The number of rotatable bonds is 12. The molecule has 0 radical (unpaired) electrons. The van der Waals surface area contributed by atoms with Crippen LogP contribution in [0.1, 0.15) is 16.7 Å². The van der Waals surface area contributed by atoms with Crippen molar-refractivity contribution in [2.24, 2.45) is 0 Å². The number of hydrogen-bond acceptors (Lipinski definition) is 8. The molecule has 0 amide bonds. The number of aliphatic hydroxyl groups excluding tert-OH is 1. The molecule has 8 nitrogen and oxygen atoms in total. The SMILES string of the molecule is O=S(=O)(O[C@@H]1[C@H](OCc2ccccc2)[C@@H](OCc2ccccc2)[C@H](O)O[C@@H]1COCc1ccccc1)C(F)(F)F. The smallest absolute Gasteiger partial charge is 0.374 e. The summed E-state index contributed by atoms with van der Waals surface area (Å²) in [7, 11) is -6.08. The number of alkyl halides is 3. The predicted octanol–water partition coefficient (Wildman–Crippen LogP) is 4.33. The summed E-state index contributed by atoms with van der Waals surface area (Å²) in [6.45, 7) is -0.544. The van der Waals surface area contributed by atoms with Crippen molar-refractivity contribution < 1.29 is 49.8 Å². The summed E-state index contributed by atoms with van der Waals surface area (Å²) in [5.41, 5.74) is -3.59. The molecule has 216 valence electrons. The minimum Gasteiger partial charge on any atom is -0.374 e. The third-order valence-electron chi connectivity index (χ3n) is 6.09. The topological polar surface area (TPSA) is 101 Å². The number of aliphatic hydroxyl groups is 1. The van der Waals surface area contributed by atoms with Crippen molar-refractivity contribution in [3.05, 3.63) is 108 Å². The molecule has 0 spiro atoms. The van der Waals surface area contributed by atoms with Gasteiger partial charge in [-0.1, -0.05) is 91.0 Å². The van der Waals surface area contributed by atoms with E-state index in [0.29, 0.717) is 11.1 Å². The van der Waals surface area contributed by atoms with Crippen molar-refractivity contribution in [3.63, 3.8) is 0 Å². The van der Waals surface area contributed by atoms with Crippen LogP contribution in [0.2, 0.25) is 0 Å². The van der Waals surface area contributed by atoms with E-state index in [4.69, 9.17) is 23.1 Å². The van der Waals surface area contributed by atoms with Crippen molar-refractivity contribution in [1.82, 2.24) is 0 Å². The van der Waals surface area contributed by atoms with Gasteiger partial charge in [0, 0.05) is 0 Å². The first-order chi connectivity index (χ1) is 19.1. The van der Waals surface area contributed by atoms with Gasteiger partial charge in [0.1, 0.15) is 24.4 Å². The van der Waals surface area contributed by atoms with Crippen molar-refractivity contribution >= 4 is 10.1 Å². The first-order valence-corrected chi connectivity index (χ1v) is 13.8. The molecular formula is C28H29F3O8S. The molecule has 0 aromatic heterocycles. The van der Waals surface area contributed by atoms with E-state index in [-0.39, 0.29) is 19.8 Å². The Kier molecular flexibility index (Phi) is 10.3. The highest BCUT2D eigenvalue weighted by molar-refractivity contribution is 7.87. The maximum Gasteiger partial charge on any atom is 0.523 e. The van der Waals surface area contributed by atoms with Crippen molar-refractivity contribution in [2.75, 3.05) is 6.61 Å². The van der Waals surface area contributed by atoms with Crippen LogP contribution in [0.4, 0.5) is 13.2 Å². The van der Waals surface area contributed by atoms with Crippen molar-refractivity contribution in [2.45, 2.75) is 56.0 Å². The molecule has 1 N–H and O–H groups in total. The Morgan fingerprint density at radius 1 is 0.700 bits per heavy atom. The lowest BCUT2D eigenvalue weighted by atomic mass is 9.98. The van der Waals surface area contributed by atoms with E-state index in [1.807, 2.05) is 0 Å². The van der Waals surface area contributed by atoms with Gasteiger partial charge in [-0.05, 0) is 16.7 Å². The van der Waals surface area contributed by atoms with E-state index in [9.17, 15) is 26.7 Å². The van der Waals surface area contributed by atoms with Crippen LogP contribution in [0.15, 0.2) is 91.0 Å². The maximum atomic E-state index is 13.4. The summed E-state index contributed by atoms with van der Waals surface area (Å²) in [5.74, 6) is 0. The van der Waals surface area contributed by atoms with Gasteiger partial charge in [-0.25, -0.2) is 0 Å². The third kappa shape index (κ3) is 8.10. The molecule has 0 aliphatic carbocycles. The van der Waals surface area contributed by atoms with E-state index >= 15 is 0 Å². The van der Waals surface area contributed by atoms with Crippen LogP contribution in [-0.4, -0.2) is 56.3 Å². The lowest BCUT2D eigenvalue weighted by Crippen LogP contribution is -2.62. The fraction of sp³-hybridized carbons (Fsp3) is 0.357. The monoisotopic (exact) mass is 582 g/mol. The normalized spacial score (nSPS) is 23.6. The van der Waals surface area contributed by atoms with Crippen LogP contribution in [0.5, 0.6) is 0 Å². The van der Waals surface area contributed by atoms with Crippen LogP contribution in [-0.2, 0) is 53.1 Å². The number of ether oxygens (including phenoxy) is 4. The molecular weight excluding hydrogens is 553 g/mol. The third-order valence-corrected chi connectivity index (χ3v) is 7.14. The highest BCUT2D eigenvalue weighted by Gasteiger charge is 2.55. The molecule has 3 aromatic carbocycles. The average Bonchev–Trinajstić information content (AvgIpc) is 2.94. The van der Waals surface area contributed by atoms with Crippen LogP contribution < -0.4 is 0 Å². The fourth-order valence-electron chi connectivity index (χ4n) is 4.11. The van der Waals surface area contributed by atoms with Crippen molar-refractivity contribution in [3.8, 4) is 0 Å². The van der Waals surface area contributed by atoms with Crippen LogP contribution in [0.25, 0.3) is 0 Å². The molecule has 3 aromatic rings. The van der Waals surface area contributed by atoms with Crippen LogP contribution in [0, 0.1) is 0 Å². The zero-order valence-corrected chi connectivity index (χ0v) is 22.0. The Morgan fingerprint density at radius 3 is 1.62 bits per heavy atom. The summed E-state index contributed by atoms with van der Waals surface area (Å²) < 4.78 is 92.2. The van der Waals surface area contributed by atoms with Gasteiger partial charge in [-0.2, -0.15) is 21.6 Å². The lowest BCUT2D eigenvalue weighted by Gasteiger charge is -2.43. The first-order valence-electron chi connectivity index (χ1n) is 12.4. The van der Waals surface area contributed by atoms with E-state index < -0.39 is 52.9 Å². The molecule has 0 saturated carbocycles. The van der Waals surface area contributed by atoms with Crippen LogP contribution in [0.3, 0.4) is 0 Å². The molecule has 1 heterocycles. The molecule has 1 fully saturated rings. The zero-order chi connectivity index (χ0) is 28.6. The molecule has 0 bridgehead atoms. The quantitative estimate of drug-likeness (QED) is 0.249. The van der Waals surface area contributed by atoms with Crippen molar-refractivity contribution in [1.29, 1.82) is 0 Å². The number of benzene rings is 3. The van der Waals surface area contributed by atoms with E-state index in [0.717, 1.165) is 5.56 Å². The Labute approximate surface area is 230 Å². The van der Waals surface area contributed by atoms with Gasteiger partial charge in [0.05, 0.1) is 26.4 Å². The van der Waals surface area contributed by atoms with Gasteiger partial charge in [-0.15, -0.1) is 0 Å². The molecule has 1 saturated heterocycles. The molecule has 5 atom stereocenters. The van der Waals surface area contributed by atoms with Gasteiger partial charge >= 0.3 is 15.6 Å². The maximum absolute atomic E-state index is 13.4. The van der Waals surface area contributed by atoms with Crippen LogP contribution >= 0.6 is 0 Å². The Bertz CT molecular complexity index is 1280.